The number of hydrogen-bond donors (Lipinski definition) is 1. The van der Waals surface area contributed by atoms with E-state index in [2.05, 4.69) is 43.0 Å². The zero-order valence-corrected chi connectivity index (χ0v) is 15.9. The molecule has 0 bridgehead atoms. The molecule has 0 saturated carbocycles. The molecule has 3 nitrogen and oxygen atoms in total. The van der Waals surface area contributed by atoms with Crippen molar-refractivity contribution < 1.29 is 4.42 Å². The first-order valence-corrected chi connectivity index (χ1v) is 9.09. The van der Waals surface area contributed by atoms with E-state index in [9.17, 15) is 0 Å². The standard InChI is InChI=1S/C25H22N2O/c1-3-18(9-10-19(17-27)13-14-26)15-20(4-2)21-11-12-25-23(16-21)22-7-5-6-8-24(22)28-25/h3-8,10-16H,1,9,26H2,2H3/b14-13-,18-15+,19-10+,20-4+. The molecule has 1 heterocycles. The molecule has 0 amide bonds. The zero-order valence-electron chi connectivity index (χ0n) is 15.9. The summed E-state index contributed by atoms with van der Waals surface area (Å²) in [7, 11) is 0. The lowest BCUT2D eigenvalue weighted by molar-refractivity contribution is 0.669. The average Bonchev–Trinajstić information content (AvgIpc) is 3.11. The third-order valence-corrected chi connectivity index (χ3v) is 4.59. The molecule has 0 aliphatic heterocycles. The lowest BCUT2D eigenvalue weighted by Gasteiger charge is -2.05. The molecule has 0 aliphatic carbocycles. The van der Waals surface area contributed by atoms with Gasteiger partial charge in [-0.2, -0.15) is 5.26 Å². The highest BCUT2D eigenvalue weighted by molar-refractivity contribution is 6.06. The molecule has 0 fully saturated rings. The molecule has 3 rings (SSSR count). The Hall–Kier alpha value is -3.77. The maximum atomic E-state index is 9.12. The topological polar surface area (TPSA) is 63.0 Å². The maximum absolute atomic E-state index is 9.12. The molecule has 2 aromatic carbocycles. The zero-order chi connectivity index (χ0) is 19.9. The summed E-state index contributed by atoms with van der Waals surface area (Å²) >= 11 is 0. The first kappa shape index (κ1) is 19.0. The fourth-order valence-corrected chi connectivity index (χ4v) is 3.12. The summed E-state index contributed by atoms with van der Waals surface area (Å²) in [6.45, 7) is 5.92. The van der Waals surface area contributed by atoms with Gasteiger partial charge >= 0.3 is 0 Å². The van der Waals surface area contributed by atoms with Crippen LogP contribution in [0.5, 0.6) is 0 Å². The molecule has 3 aromatic rings. The first-order valence-electron chi connectivity index (χ1n) is 9.09. The SMILES string of the molecule is C=C/C(=C\C(=C/C)c1ccc2oc3ccccc3c2c1)C/C=C(C#N)\C=C/N. The van der Waals surface area contributed by atoms with Gasteiger partial charge in [-0.3, -0.25) is 0 Å². The Labute approximate surface area is 165 Å². The fraction of sp³-hybridized carbons (Fsp3) is 0.0800. The predicted octanol–water partition coefficient (Wildman–Crippen LogP) is 6.41. The summed E-state index contributed by atoms with van der Waals surface area (Å²) in [5.74, 6) is 0. The van der Waals surface area contributed by atoms with Crippen LogP contribution >= 0.6 is 0 Å². The van der Waals surface area contributed by atoms with Gasteiger partial charge in [0.05, 0.1) is 6.07 Å². The third kappa shape index (κ3) is 3.97. The Kier molecular flexibility index (Phi) is 5.94. The van der Waals surface area contributed by atoms with Crippen molar-refractivity contribution in [2.45, 2.75) is 13.3 Å². The van der Waals surface area contributed by atoms with Crippen LogP contribution in [0.25, 0.3) is 27.5 Å². The number of benzene rings is 2. The summed E-state index contributed by atoms with van der Waals surface area (Å²) in [6, 6.07) is 16.4. The Morgan fingerprint density at radius 1 is 1.18 bits per heavy atom. The summed E-state index contributed by atoms with van der Waals surface area (Å²) in [4.78, 5) is 0. The third-order valence-electron chi connectivity index (χ3n) is 4.59. The van der Waals surface area contributed by atoms with Gasteiger partial charge in [-0.15, -0.1) is 0 Å². The van der Waals surface area contributed by atoms with Crippen LogP contribution in [0.3, 0.4) is 0 Å². The molecular formula is C25H22N2O. The molecule has 0 saturated heterocycles. The number of allylic oxidation sites excluding steroid dienone is 8. The summed E-state index contributed by atoms with van der Waals surface area (Å²) in [5, 5.41) is 11.3. The molecule has 0 atom stereocenters. The minimum Gasteiger partial charge on any atom is -0.456 e. The summed E-state index contributed by atoms with van der Waals surface area (Å²) < 4.78 is 5.92. The molecule has 1 aromatic heterocycles. The van der Waals surface area contributed by atoms with Crippen LogP contribution in [0.2, 0.25) is 0 Å². The monoisotopic (exact) mass is 366 g/mol. The average molecular weight is 366 g/mol. The van der Waals surface area contributed by atoms with E-state index in [1.54, 1.807) is 6.08 Å². The van der Waals surface area contributed by atoms with E-state index in [0.29, 0.717) is 12.0 Å². The molecular weight excluding hydrogens is 344 g/mol. The van der Waals surface area contributed by atoms with Crippen molar-refractivity contribution in [3.8, 4) is 6.07 Å². The second kappa shape index (κ2) is 8.75. The minimum absolute atomic E-state index is 0.531. The molecule has 0 unspecified atom stereocenters. The van der Waals surface area contributed by atoms with Gasteiger partial charge in [0, 0.05) is 16.3 Å². The number of furan rings is 1. The van der Waals surface area contributed by atoms with Crippen molar-refractivity contribution in [3.63, 3.8) is 0 Å². The van der Waals surface area contributed by atoms with Gasteiger partial charge < -0.3 is 10.2 Å². The van der Waals surface area contributed by atoms with E-state index in [-0.39, 0.29) is 0 Å². The van der Waals surface area contributed by atoms with Crippen LogP contribution in [0.15, 0.2) is 101 Å². The van der Waals surface area contributed by atoms with E-state index in [1.807, 2.05) is 43.3 Å². The lowest BCUT2D eigenvalue weighted by Crippen LogP contribution is -1.85. The van der Waals surface area contributed by atoms with Gasteiger partial charge in [-0.1, -0.05) is 55.1 Å². The van der Waals surface area contributed by atoms with Crippen molar-refractivity contribution in [2.75, 3.05) is 0 Å². The first-order chi connectivity index (χ1) is 13.7. The normalized spacial score (nSPS) is 13.4. The Bertz CT molecular complexity index is 1180. The van der Waals surface area contributed by atoms with Crippen LogP contribution in [-0.4, -0.2) is 0 Å². The van der Waals surface area contributed by atoms with Crippen LogP contribution in [0, 0.1) is 11.3 Å². The second-order valence-electron chi connectivity index (χ2n) is 6.31. The fourth-order valence-electron chi connectivity index (χ4n) is 3.12. The summed E-state index contributed by atoms with van der Waals surface area (Å²) in [6.07, 6.45) is 11.4. The Balaban J connectivity index is 1.98. The quantitative estimate of drug-likeness (QED) is 0.405. The highest BCUT2D eigenvalue weighted by Gasteiger charge is 2.08. The van der Waals surface area contributed by atoms with Crippen molar-refractivity contribution in [1.82, 2.24) is 0 Å². The van der Waals surface area contributed by atoms with Crippen molar-refractivity contribution in [2.24, 2.45) is 5.73 Å². The molecule has 0 spiro atoms. The largest absolute Gasteiger partial charge is 0.456 e. The minimum atomic E-state index is 0.531. The van der Waals surface area contributed by atoms with E-state index < -0.39 is 0 Å². The van der Waals surface area contributed by atoms with E-state index >= 15 is 0 Å². The smallest absolute Gasteiger partial charge is 0.135 e. The molecule has 28 heavy (non-hydrogen) atoms. The van der Waals surface area contributed by atoms with Gasteiger partial charge in [0.2, 0.25) is 0 Å². The Morgan fingerprint density at radius 3 is 2.68 bits per heavy atom. The number of nitrogens with two attached hydrogens (primary N) is 1. The van der Waals surface area contributed by atoms with Crippen molar-refractivity contribution >= 4 is 27.5 Å². The Morgan fingerprint density at radius 2 is 1.96 bits per heavy atom. The van der Waals surface area contributed by atoms with Crippen LogP contribution in [0.4, 0.5) is 0 Å². The second-order valence-corrected chi connectivity index (χ2v) is 6.31. The van der Waals surface area contributed by atoms with Gasteiger partial charge in [-0.25, -0.2) is 0 Å². The number of para-hydroxylation sites is 1. The van der Waals surface area contributed by atoms with E-state index in [0.717, 1.165) is 38.6 Å². The van der Waals surface area contributed by atoms with Gasteiger partial charge in [0.25, 0.3) is 0 Å². The number of fused-ring (bicyclic) bond motifs is 3. The van der Waals surface area contributed by atoms with Crippen LogP contribution in [-0.2, 0) is 0 Å². The predicted molar refractivity (Wildman–Crippen MR) is 117 cm³/mol. The number of nitriles is 1. The lowest BCUT2D eigenvalue weighted by atomic mass is 9.99. The number of hydrogen-bond acceptors (Lipinski definition) is 3. The molecule has 138 valence electrons. The van der Waals surface area contributed by atoms with Crippen LogP contribution < -0.4 is 5.73 Å². The maximum Gasteiger partial charge on any atom is 0.135 e. The van der Waals surface area contributed by atoms with Gasteiger partial charge in [-0.05, 0) is 60.5 Å². The van der Waals surface area contributed by atoms with Gasteiger partial charge in [0.15, 0.2) is 0 Å². The highest BCUT2D eigenvalue weighted by Crippen LogP contribution is 2.31. The molecule has 0 aliphatic rings. The number of rotatable bonds is 6. The molecule has 3 heteroatoms. The van der Waals surface area contributed by atoms with E-state index in [4.69, 9.17) is 15.4 Å². The van der Waals surface area contributed by atoms with Crippen molar-refractivity contribution in [3.05, 3.63) is 102 Å². The summed E-state index contributed by atoms with van der Waals surface area (Å²) in [5.41, 5.74) is 10.9. The highest BCUT2D eigenvalue weighted by atomic mass is 16.3. The van der Waals surface area contributed by atoms with Crippen molar-refractivity contribution in [1.29, 1.82) is 5.26 Å². The number of nitrogens with zero attached hydrogens (tertiary/aromatic N) is 1. The van der Waals surface area contributed by atoms with Crippen LogP contribution in [0.1, 0.15) is 18.9 Å². The van der Waals surface area contributed by atoms with E-state index in [1.165, 1.54) is 6.20 Å². The molecule has 2 N–H and O–H groups in total. The molecule has 0 radical (unpaired) electrons. The van der Waals surface area contributed by atoms with Gasteiger partial charge in [0.1, 0.15) is 11.2 Å².